The molecule has 3 amide bonds. The number of hydrogen-bond acceptors (Lipinski definition) is 5. The third-order valence-electron chi connectivity index (χ3n) is 5.11. The predicted molar refractivity (Wildman–Crippen MR) is 119 cm³/mol. The molecule has 0 radical (unpaired) electrons. The molecular formula is C23H35N3O5. The summed E-state index contributed by atoms with van der Waals surface area (Å²) in [5.74, 6) is -0.966. The lowest BCUT2D eigenvalue weighted by molar-refractivity contribution is -0.147. The van der Waals surface area contributed by atoms with Gasteiger partial charge in [-0.25, -0.2) is 9.59 Å². The lowest BCUT2D eigenvalue weighted by Gasteiger charge is -2.37. The van der Waals surface area contributed by atoms with Gasteiger partial charge in [0.25, 0.3) is 0 Å². The van der Waals surface area contributed by atoms with Crippen LogP contribution < -0.4 is 10.6 Å². The molecule has 172 valence electrons. The van der Waals surface area contributed by atoms with E-state index in [0.29, 0.717) is 18.7 Å². The summed E-state index contributed by atoms with van der Waals surface area (Å²) in [5, 5.41) is 5.62. The summed E-state index contributed by atoms with van der Waals surface area (Å²) >= 11 is 0. The summed E-state index contributed by atoms with van der Waals surface area (Å²) in [5.41, 5.74) is 1.21. The Balaban J connectivity index is 2.06. The molecule has 1 aromatic carbocycles. The van der Waals surface area contributed by atoms with Crippen LogP contribution in [0.3, 0.4) is 0 Å². The highest BCUT2D eigenvalue weighted by molar-refractivity contribution is 5.89. The number of alkyl carbamates (subject to hydrolysis) is 1. The molecule has 2 rings (SSSR count). The summed E-state index contributed by atoms with van der Waals surface area (Å²) in [6.07, 6.45) is -0.254. The second-order valence-corrected chi connectivity index (χ2v) is 9.87. The zero-order valence-electron chi connectivity index (χ0n) is 19.6. The van der Waals surface area contributed by atoms with E-state index in [1.54, 1.807) is 25.7 Å². The molecule has 8 nitrogen and oxygen atoms in total. The van der Waals surface area contributed by atoms with Crippen LogP contribution in [0, 0.1) is 5.92 Å². The number of benzene rings is 1. The zero-order valence-corrected chi connectivity index (χ0v) is 19.6. The van der Waals surface area contributed by atoms with E-state index < -0.39 is 29.6 Å². The van der Waals surface area contributed by atoms with Gasteiger partial charge in [0.15, 0.2) is 0 Å². The van der Waals surface area contributed by atoms with Crippen molar-refractivity contribution >= 4 is 23.8 Å². The average Bonchev–Trinajstić information content (AvgIpc) is 2.65. The van der Waals surface area contributed by atoms with Crippen molar-refractivity contribution in [1.82, 2.24) is 10.2 Å². The molecule has 8 heteroatoms. The normalized spacial score (nSPS) is 19.4. The van der Waals surface area contributed by atoms with Crippen molar-refractivity contribution in [2.45, 2.75) is 65.0 Å². The van der Waals surface area contributed by atoms with E-state index in [2.05, 4.69) is 31.4 Å². The van der Waals surface area contributed by atoms with E-state index in [0.717, 1.165) is 0 Å². The number of hydrogen-bond donors (Lipinski definition) is 2. The predicted octanol–water partition coefficient (Wildman–Crippen LogP) is 3.90. The Labute approximate surface area is 184 Å². The topological polar surface area (TPSA) is 97.0 Å². The zero-order chi connectivity index (χ0) is 23.4. The van der Waals surface area contributed by atoms with Crippen LogP contribution in [0.15, 0.2) is 24.3 Å². The van der Waals surface area contributed by atoms with Gasteiger partial charge in [0.2, 0.25) is 0 Å². The minimum Gasteiger partial charge on any atom is -0.469 e. The minimum atomic E-state index is -0.671. The molecule has 1 saturated heterocycles. The number of ether oxygens (including phenoxy) is 2. The lowest BCUT2D eigenvalue weighted by Crippen LogP contribution is -2.57. The maximum absolute atomic E-state index is 12.8. The third-order valence-corrected chi connectivity index (χ3v) is 5.11. The van der Waals surface area contributed by atoms with Gasteiger partial charge in [-0.15, -0.1) is 0 Å². The van der Waals surface area contributed by atoms with Gasteiger partial charge in [0.1, 0.15) is 5.60 Å². The molecule has 1 aliphatic heterocycles. The number of urea groups is 1. The van der Waals surface area contributed by atoms with Gasteiger partial charge in [-0.3, -0.25) is 4.79 Å². The molecule has 31 heavy (non-hydrogen) atoms. The molecule has 0 bridgehead atoms. The second-order valence-electron chi connectivity index (χ2n) is 9.87. The van der Waals surface area contributed by atoms with E-state index in [-0.39, 0.29) is 18.0 Å². The number of amides is 3. The van der Waals surface area contributed by atoms with Crippen molar-refractivity contribution in [2.24, 2.45) is 5.92 Å². The van der Waals surface area contributed by atoms with Gasteiger partial charge in [-0.1, -0.05) is 32.9 Å². The first-order valence-corrected chi connectivity index (χ1v) is 10.5. The summed E-state index contributed by atoms with van der Waals surface area (Å²) in [7, 11) is 1.31. The van der Waals surface area contributed by atoms with Crippen LogP contribution in [0.4, 0.5) is 15.3 Å². The van der Waals surface area contributed by atoms with Crippen molar-refractivity contribution in [3.05, 3.63) is 29.8 Å². The molecule has 1 heterocycles. The lowest BCUT2D eigenvalue weighted by atomic mass is 9.87. The molecule has 0 aliphatic carbocycles. The summed E-state index contributed by atoms with van der Waals surface area (Å²) in [6, 6.07) is 6.83. The Hall–Kier alpha value is -2.77. The van der Waals surface area contributed by atoms with Crippen LogP contribution in [0.1, 0.15) is 53.5 Å². The largest absolute Gasteiger partial charge is 0.469 e. The third kappa shape index (κ3) is 7.15. The van der Waals surface area contributed by atoms with Crippen molar-refractivity contribution in [3.63, 3.8) is 0 Å². The molecular weight excluding hydrogens is 398 g/mol. The highest BCUT2D eigenvalue weighted by Crippen LogP contribution is 2.24. The average molecular weight is 434 g/mol. The van der Waals surface area contributed by atoms with Crippen LogP contribution in [0.2, 0.25) is 0 Å². The van der Waals surface area contributed by atoms with E-state index in [1.165, 1.54) is 12.7 Å². The van der Waals surface area contributed by atoms with Crippen LogP contribution in [0.25, 0.3) is 0 Å². The second kappa shape index (κ2) is 9.58. The summed E-state index contributed by atoms with van der Waals surface area (Å²) in [4.78, 5) is 38.8. The Morgan fingerprint density at radius 1 is 1.03 bits per heavy atom. The van der Waals surface area contributed by atoms with Gasteiger partial charge < -0.3 is 25.0 Å². The van der Waals surface area contributed by atoms with E-state index >= 15 is 0 Å². The number of carbonyl (C=O) groups is 3. The molecule has 2 N–H and O–H groups in total. The van der Waals surface area contributed by atoms with Gasteiger partial charge in [0.05, 0.1) is 19.1 Å². The Morgan fingerprint density at radius 2 is 1.65 bits per heavy atom. The minimum absolute atomic E-state index is 0.0266. The highest BCUT2D eigenvalue weighted by atomic mass is 16.6. The summed E-state index contributed by atoms with van der Waals surface area (Å²) in [6.45, 7) is 12.2. The van der Waals surface area contributed by atoms with Crippen LogP contribution in [-0.2, 0) is 19.7 Å². The molecule has 1 aliphatic rings. The van der Waals surface area contributed by atoms with Gasteiger partial charge in [-0.05, 0) is 50.3 Å². The standard InChI is InChI=1S/C23H35N3O5/c1-22(2,3)15-8-10-16(11-9-15)24-20(28)26-13-12-17(19(27)30-7)18(14-26)25-21(29)31-23(4,5)6/h8-11,17-18H,12-14H2,1-7H3,(H,24,28)(H,25,29). The fraction of sp³-hybridized carbons (Fsp3) is 0.609. The smallest absolute Gasteiger partial charge is 0.407 e. The molecule has 0 spiro atoms. The first kappa shape index (κ1) is 24.5. The first-order valence-electron chi connectivity index (χ1n) is 10.5. The van der Waals surface area contributed by atoms with Gasteiger partial charge in [-0.2, -0.15) is 0 Å². The molecule has 1 aromatic rings. The molecule has 0 saturated carbocycles. The van der Waals surface area contributed by atoms with Crippen LogP contribution >= 0.6 is 0 Å². The maximum atomic E-state index is 12.8. The molecule has 1 fully saturated rings. The quantitative estimate of drug-likeness (QED) is 0.705. The Bertz CT molecular complexity index is 793. The fourth-order valence-corrected chi connectivity index (χ4v) is 3.43. The Morgan fingerprint density at radius 3 is 2.16 bits per heavy atom. The number of esters is 1. The monoisotopic (exact) mass is 433 g/mol. The van der Waals surface area contributed by atoms with Crippen molar-refractivity contribution < 1.29 is 23.9 Å². The van der Waals surface area contributed by atoms with Crippen molar-refractivity contribution in [3.8, 4) is 0 Å². The number of nitrogens with one attached hydrogen (secondary N) is 2. The van der Waals surface area contributed by atoms with Crippen molar-refractivity contribution in [2.75, 3.05) is 25.5 Å². The number of nitrogens with zero attached hydrogens (tertiary/aromatic N) is 1. The first-order chi connectivity index (χ1) is 14.3. The number of piperidine rings is 1. The number of methoxy groups -OCH3 is 1. The number of carbonyl (C=O) groups excluding carboxylic acids is 3. The van der Waals surface area contributed by atoms with Gasteiger partial charge >= 0.3 is 18.1 Å². The molecule has 0 aromatic heterocycles. The molecule has 2 unspecified atom stereocenters. The molecule has 2 atom stereocenters. The fourth-order valence-electron chi connectivity index (χ4n) is 3.43. The van der Waals surface area contributed by atoms with Crippen molar-refractivity contribution in [1.29, 1.82) is 0 Å². The number of likely N-dealkylation sites (tertiary alicyclic amines) is 1. The number of anilines is 1. The number of rotatable bonds is 3. The Kier molecular flexibility index (Phi) is 7.57. The van der Waals surface area contributed by atoms with E-state index in [4.69, 9.17) is 9.47 Å². The van der Waals surface area contributed by atoms with E-state index in [1.807, 2.05) is 24.3 Å². The van der Waals surface area contributed by atoms with Crippen LogP contribution in [-0.4, -0.2) is 54.8 Å². The SMILES string of the molecule is COC(=O)C1CCN(C(=O)Nc2ccc(C(C)(C)C)cc2)CC1NC(=O)OC(C)(C)C. The van der Waals surface area contributed by atoms with Gasteiger partial charge in [0, 0.05) is 18.8 Å². The highest BCUT2D eigenvalue weighted by Gasteiger charge is 2.38. The maximum Gasteiger partial charge on any atom is 0.407 e. The summed E-state index contributed by atoms with van der Waals surface area (Å²) < 4.78 is 10.2. The van der Waals surface area contributed by atoms with Crippen LogP contribution in [0.5, 0.6) is 0 Å². The van der Waals surface area contributed by atoms with E-state index in [9.17, 15) is 14.4 Å².